The summed E-state index contributed by atoms with van der Waals surface area (Å²) < 4.78 is 7.01. The van der Waals surface area contributed by atoms with E-state index in [1.165, 1.54) is 0 Å². The standard InChI is InChI=1S/C19H19ClN4O2/c1-23-18(11-15(22-23)17-7-4-10-26-17)21-19(25)13-8-9-24(12-13)16-6-3-2-5-14(16)20/h2-7,10-11,13H,8-9,12H2,1H3,(H,21,25). The number of hydrogen-bond acceptors (Lipinski definition) is 4. The van der Waals surface area contributed by atoms with Gasteiger partial charge in [-0.2, -0.15) is 5.10 Å². The average Bonchev–Trinajstić information content (AvgIpc) is 3.36. The van der Waals surface area contributed by atoms with Crippen molar-refractivity contribution in [3.05, 3.63) is 53.8 Å². The maximum atomic E-state index is 12.7. The Morgan fingerprint density at radius 1 is 1.31 bits per heavy atom. The molecule has 0 radical (unpaired) electrons. The first-order valence-electron chi connectivity index (χ1n) is 8.50. The number of anilines is 2. The molecule has 0 bridgehead atoms. The highest BCUT2D eigenvalue weighted by molar-refractivity contribution is 6.33. The van der Waals surface area contributed by atoms with E-state index in [2.05, 4.69) is 15.3 Å². The molecule has 1 N–H and O–H groups in total. The summed E-state index contributed by atoms with van der Waals surface area (Å²) in [5, 5.41) is 8.08. The zero-order chi connectivity index (χ0) is 18.1. The largest absolute Gasteiger partial charge is 0.463 e. The molecule has 4 rings (SSSR count). The Hall–Kier alpha value is -2.73. The molecule has 1 aromatic carbocycles. The van der Waals surface area contributed by atoms with Crippen LogP contribution in [0.1, 0.15) is 6.42 Å². The highest BCUT2D eigenvalue weighted by Crippen LogP contribution is 2.30. The minimum absolute atomic E-state index is 0.00597. The number of halogens is 1. The monoisotopic (exact) mass is 370 g/mol. The predicted octanol–water partition coefficient (Wildman–Crippen LogP) is 3.80. The van der Waals surface area contributed by atoms with E-state index in [4.69, 9.17) is 16.0 Å². The number of hydrogen-bond donors (Lipinski definition) is 1. The van der Waals surface area contributed by atoms with Crippen molar-refractivity contribution < 1.29 is 9.21 Å². The first-order valence-corrected chi connectivity index (χ1v) is 8.88. The Morgan fingerprint density at radius 2 is 2.15 bits per heavy atom. The molecule has 0 spiro atoms. The van der Waals surface area contributed by atoms with Gasteiger partial charge in [-0.05, 0) is 30.7 Å². The summed E-state index contributed by atoms with van der Waals surface area (Å²) in [5.41, 5.74) is 1.67. The smallest absolute Gasteiger partial charge is 0.230 e. The number of carbonyl (C=O) groups is 1. The van der Waals surface area contributed by atoms with E-state index < -0.39 is 0 Å². The van der Waals surface area contributed by atoms with E-state index >= 15 is 0 Å². The van der Waals surface area contributed by atoms with Gasteiger partial charge >= 0.3 is 0 Å². The van der Waals surface area contributed by atoms with Crippen molar-refractivity contribution in [3.63, 3.8) is 0 Å². The van der Waals surface area contributed by atoms with E-state index in [0.717, 1.165) is 18.7 Å². The zero-order valence-corrected chi connectivity index (χ0v) is 15.1. The maximum Gasteiger partial charge on any atom is 0.230 e. The molecule has 3 aromatic rings. The lowest BCUT2D eigenvalue weighted by Gasteiger charge is -2.19. The minimum Gasteiger partial charge on any atom is -0.463 e. The van der Waals surface area contributed by atoms with Gasteiger partial charge in [0.2, 0.25) is 5.91 Å². The third kappa shape index (κ3) is 3.20. The average molecular weight is 371 g/mol. The number of carbonyl (C=O) groups excluding carboxylic acids is 1. The number of nitrogens with zero attached hydrogens (tertiary/aromatic N) is 3. The van der Waals surface area contributed by atoms with Crippen molar-refractivity contribution in [1.29, 1.82) is 0 Å². The molecular formula is C19H19ClN4O2. The van der Waals surface area contributed by atoms with E-state index in [0.29, 0.717) is 28.8 Å². The predicted molar refractivity (Wildman–Crippen MR) is 101 cm³/mol. The van der Waals surface area contributed by atoms with Gasteiger partial charge in [0.15, 0.2) is 5.76 Å². The van der Waals surface area contributed by atoms with Crippen LogP contribution in [0.3, 0.4) is 0 Å². The van der Waals surface area contributed by atoms with E-state index in [1.807, 2.05) is 42.5 Å². The van der Waals surface area contributed by atoms with Crippen LogP contribution in [0.5, 0.6) is 0 Å². The summed E-state index contributed by atoms with van der Waals surface area (Å²) in [6.07, 6.45) is 2.39. The second-order valence-corrected chi connectivity index (χ2v) is 6.80. The van der Waals surface area contributed by atoms with Crippen LogP contribution in [0.4, 0.5) is 11.5 Å². The molecule has 6 nitrogen and oxygen atoms in total. The first kappa shape index (κ1) is 16.7. The van der Waals surface area contributed by atoms with Gasteiger partial charge in [-0.3, -0.25) is 9.48 Å². The van der Waals surface area contributed by atoms with Crippen LogP contribution in [0.15, 0.2) is 53.1 Å². The second-order valence-electron chi connectivity index (χ2n) is 6.39. The summed E-state index contributed by atoms with van der Waals surface area (Å²) in [4.78, 5) is 14.8. The van der Waals surface area contributed by atoms with E-state index in [-0.39, 0.29) is 11.8 Å². The minimum atomic E-state index is -0.0896. The SMILES string of the molecule is Cn1nc(-c2ccco2)cc1NC(=O)C1CCN(c2ccccc2Cl)C1. The van der Waals surface area contributed by atoms with Gasteiger partial charge in [0.05, 0.1) is 22.9 Å². The van der Waals surface area contributed by atoms with Crippen molar-refractivity contribution >= 4 is 29.0 Å². The molecule has 1 aliphatic heterocycles. The number of rotatable bonds is 4. The van der Waals surface area contributed by atoms with Crippen molar-refractivity contribution in [2.75, 3.05) is 23.3 Å². The van der Waals surface area contributed by atoms with Crippen molar-refractivity contribution in [1.82, 2.24) is 9.78 Å². The lowest BCUT2D eigenvalue weighted by Crippen LogP contribution is -2.27. The number of benzene rings is 1. The normalized spacial score (nSPS) is 16.8. The molecule has 1 atom stereocenters. The molecular weight excluding hydrogens is 352 g/mol. The molecule has 1 fully saturated rings. The Balaban J connectivity index is 1.44. The lowest BCUT2D eigenvalue weighted by molar-refractivity contribution is -0.119. The van der Waals surface area contributed by atoms with Crippen LogP contribution in [0.2, 0.25) is 5.02 Å². The fraction of sp³-hybridized carbons (Fsp3) is 0.263. The fourth-order valence-electron chi connectivity index (χ4n) is 3.26. The number of furan rings is 1. The molecule has 7 heteroatoms. The maximum absolute atomic E-state index is 12.7. The number of nitrogens with one attached hydrogen (secondary N) is 1. The van der Waals surface area contributed by atoms with Gasteiger partial charge < -0.3 is 14.6 Å². The molecule has 3 heterocycles. The van der Waals surface area contributed by atoms with Gasteiger partial charge in [0.25, 0.3) is 0 Å². The third-order valence-corrected chi connectivity index (χ3v) is 4.98. The van der Waals surface area contributed by atoms with Gasteiger partial charge in [-0.25, -0.2) is 0 Å². The summed E-state index contributed by atoms with van der Waals surface area (Å²) in [6, 6.07) is 13.2. The van der Waals surface area contributed by atoms with Crippen LogP contribution < -0.4 is 10.2 Å². The Kier molecular flexibility index (Phi) is 4.42. The number of para-hydroxylation sites is 1. The zero-order valence-electron chi connectivity index (χ0n) is 14.4. The van der Waals surface area contributed by atoms with Crippen molar-refractivity contribution in [2.45, 2.75) is 6.42 Å². The number of aromatic nitrogens is 2. The molecule has 1 saturated heterocycles. The summed E-state index contributed by atoms with van der Waals surface area (Å²) >= 11 is 6.27. The Morgan fingerprint density at radius 3 is 2.92 bits per heavy atom. The second kappa shape index (κ2) is 6.88. The highest BCUT2D eigenvalue weighted by Gasteiger charge is 2.30. The van der Waals surface area contributed by atoms with E-state index in [9.17, 15) is 4.79 Å². The summed E-state index contributed by atoms with van der Waals surface area (Å²) in [6.45, 7) is 1.46. The highest BCUT2D eigenvalue weighted by atomic mass is 35.5. The van der Waals surface area contributed by atoms with Crippen molar-refractivity contribution in [3.8, 4) is 11.5 Å². The van der Waals surface area contributed by atoms with Crippen LogP contribution in [-0.2, 0) is 11.8 Å². The van der Waals surface area contributed by atoms with Crippen molar-refractivity contribution in [2.24, 2.45) is 13.0 Å². The van der Waals surface area contributed by atoms with Crippen LogP contribution in [0.25, 0.3) is 11.5 Å². The number of amides is 1. The molecule has 1 amide bonds. The molecule has 0 aliphatic carbocycles. The fourth-order valence-corrected chi connectivity index (χ4v) is 3.51. The molecule has 134 valence electrons. The molecule has 26 heavy (non-hydrogen) atoms. The van der Waals surface area contributed by atoms with Gasteiger partial charge in [-0.15, -0.1) is 0 Å². The quantitative estimate of drug-likeness (QED) is 0.758. The summed E-state index contributed by atoms with van der Waals surface area (Å²) in [5.74, 6) is 1.23. The molecule has 1 unspecified atom stereocenters. The Bertz CT molecular complexity index is 920. The molecule has 1 aliphatic rings. The van der Waals surface area contributed by atoms with Gasteiger partial charge in [0, 0.05) is 26.2 Å². The third-order valence-electron chi connectivity index (χ3n) is 4.66. The molecule has 0 saturated carbocycles. The van der Waals surface area contributed by atoms with Crippen LogP contribution in [-0.4, -0.2) is 28.8 Å². The van der Waals surface area contributed by atoms with E-state index in [1.54, 1.807) is 18.0 Å². The van der Waals surface area contributed by atoms with Gasteiger partial charge in [-0.1, -0.05) is 23.7 Å². The molecule has 2 aromatic heterocycles. The number of aryl methyl sites for hydroxylation is 1. The topological polar surface area (TPSA) is 63.3 Å². The lowest BCUT2D eigenvalue weighted by atomic mass is 10.1. The Labute approximate surface area is 156 Å². The first-order chi connectivity index (χ1) is 12.6. The van der Waals surface area contributed by atoms with Gasteiger partial charge in [0.1, 0.15) is 11.5 Å². The van der Waals surface area contributed by atoms with Crippen LogP contribution in [0, 0.1) is 5.92 Å². The summed E-state index contributed by atoms with van der Waals surface area (Å²) in [7, 11) is 1.80. The van der Waals surface area contributed by atoms with Crippen LogP contribution >= 0.6 is 11.6 Å².